The van der Waals surface area contributed by atoms with E-state index >= 15 is 0 Å². The van der Waals surface area contributed by atoms with E-state index in [9.17, 15) is 9.90 Å². The summed E-state index contributed by atoms with van der Waals surface area (Å²) >= 11 is 1.41. The fraction of sp³-hybridized carbons (Fsp3) is 0.500. The Morgan fingerprint density at radius 3 is 2.81 bits per heavy atom. The van der Waals surface area contributed by atoms with Gasteiger partial charge >= 0.3 is 0 Å². The van der Waals surface area contributed by atoms with Crippen molar-refractivity contribution < 1.29 is 9.90 Å². The molecule has 0 radical (unpaired) electrons. The topological polar surface area (TPSA) is 65.5 Å². The number of aromatic nitrogens is 1. The molecule has 26 heavy (non-hydrogen) atoms. The van der Waals surface area contributed by atoms with Gasteiger partial charge in [-0.25, -0.2) is 0 Å². The van der Waals surface area contributed by atoms with Crippen LogP contribution >= 0.6 is 11.3 Å². The standard InChI is InChI=1S/C20H25N3O2S/c24-18(23-12-11-14-7-5-6-10-16(14)23)13-17-19(25)22-20(26-17)21-15-8-3-1-2-4-9-15/h5-7,10,15,25H,1-4,8-9,11-13H2,(H,21,22). The van der Waals surface area contributed by atoms with E-state index in [1.54, 1.807) is 0 Å². The number of aromatic hydroxyl groups is 1. The molecule has 0 unspecified atom stereocenters. The van der Waals surface area contributed by atoms with Gasteiger partial charge in [-0.15, -0.1) is 0 Å². The number of hydrogen-bond donors (Lipinski definition) is 2. The molecule has 0 atom stereocenters. The number of rotatable bonds is 4. The summed E-state index contributed by atoms with van der Waals surface area (Å²) in [6, 6.07) is 8.46. The Balaban J connectivity index is 1.42. The molecule has 2 N–H and O–H groups in total. The van der Waals surface area contributed by atoms with Crippen molar-refractivity contribution in [1.82, 2.24) is 4.98 Å². The summed E-state index contributed by atoms with van der Waals surface area (Å²) in [4.78, 5) is 19.5. The fourth-order valence-corrected chi connectivity index (χ4v) is 4.87. The van der Waals surface area contributed by atoms with Crippen molar-refractivity contribution in [3.63, 3.8) is 0 Å². The van der Waals surface area contributed by atoms with Crippen molar-refractivity contribution in [1.29, 1.82) is 0 Å². The van der Waals surface area contributed by atoms with Gasteiger partial charge in [0.2, 0.25) is 11.8 Å². The number of thiazole rings is 1. The number of anilines is 2. The highest BCUT2D eigenvalue weighted by Crippen LogP contribution is 2.33. The number of nitrogens with zero attached hydrogens (tertiary/aromatic N) is 2. The van der Waals surface area contributed by atoms with E-state index in [2.05, 4.69) is 16.4 Å². The Morgan fingerprint density at radius 1 is 1.23 bits per heavy atom. The van der Waals surface area contributed by atoms with E-state index in [4.69, 9.17) is 0 Å². The third kappa shape index (κ3) is 3.70. The van der Waals surface area contributed by atoms with E-state index in [1.165, 1.54) is 42.6 Å². The molecular formula is C20H25N3O2S. The predicted molar refractivity (Wildman–Crippen MR) is 105 cm³/mol. The van der Waals surface area contributed by atoms with Crippen LogP contribution in [0.1, 0.15) is 49.0 Å². The Bertz CT molecular complexity index is 781. The Kier molecular flexibility index (Phi) is 5.11. The molecule has 0 bridgehead atoms. The normalized spacial score (nSPS) is 17.8. The summed E-state index contributed by atoms with van der Waals surface area (Å²) in [5.41, 5.74) is 2.21. The average Bonchev–Trinajstić information content (AvgIpc) is 3.10. The fourth-order valence-electron chi connectivity index (χ4n) is 3.95. The van der Waals surface area contributed by atoms with Gasteiger partial charge < -0.3 is 15.3 Å². The van der Waals surface area contributed by atoms with Crippen LogP contribution in [0, 0.1) is 0 Å². The van der Waals surface area contributed by atoms with Gasteiger partial charge in [0.15, 0.2) is 5.13 Å². The molecular weight excluding hydrogens is 346 g/mol. The van der Waals surface area contributed by atoms with Crippen LogP contribution < -0.4 is 10.2 Å². The zero-order valence-electron chi connectivity index (χ0n) is 14.9. The number of nitrogens with one attached hydrogen (secondary N) is 1. The van der Waals surface area contributed by atoms with E-state index in [0.717, 1.165) is 30.1 Å². The second-order valence-electron chi connectivity index (χ2n) is 7.20. The first-order valence-electron chi connectivity index (χ1n) is 9.54. The third-order valence-corrected chi connectivity index (χ3v) is 6.34. The maximum atomic E-state index is 12.7. The predicted octanol–water partition coefficient (Wildman–Crippen LogP) is 4.12. The van der Waals surface area contributed by atoms with Crippen LogP contribution in [-0.4, -0.2) is 28.6 Å². The lowest BCUT2D eigenvalue weighted by atomic mass is 10.1. The van der Waals surface area contributed by atoms with Crippen molar-refractivity contribution in [2.45, 2.75) is 57.4 Å². The van der Waals surface area contributed by atoms with Gasteiger partial charge in [0.25, 0.3) is 0 Å². The Morgan fingerprint density at radius 2 is 2.00 bits per heavy atom. The summed E-state index contributed by atoms with van der Waals surface area (Å²) < 4.78 is 0. The van der Waals surface area contributed by atoms with E-state index < -0.39 is 0 Å². The number of carbonyl (C=O) groups excluding carboxylic acids is 1. The molecule has 1 amide bonds. The molecule has 0 saturated heterocycles. The molecule has 1 fully saturated rings. The van der Waals surface area contributed by atoms with Crippen LogP contribution in [0.25, 0.3) is 0 Å². The monoisotopic (exact) mass is 371 g/mol. The number of benzene rings is 1. The van der Waals surface area contributed by atoms with Gasteiger partial charge in [-0.3, -0.25) is 4.79 Å². The van der Waals surface area contributed by atoms with Crippen molar-refractivity contribution in [2.24, 2.45) is 0 Å². The van der Waals surface area contributed by atoms with Crippen molar-refractivity contribution in [3.05, 3.63) is 34.7 Å². The zero-order chi connectivity index (χ0) is 17.9. The highest BCUT2D eigenvalue weighted by atomic mass is 32.1. The molecule has 2 aliphatic rings. The molecule has 2 heterocycles. The van der Waals surface area contributed by atoms with Crippen LogP contribution in [0.4, 0.5) is 10.8 Å². The van der Waals surface area contributed by atoms with Crippen LogP contribution in [0.2, 0.25) is 0 Å². The van der Waals surface area contributed by atoms with Gasteiger partial charge in [-0.1, -0.05) is 55.2 Å². The minimum Gasteiger partial charge on any atom is -0.492 e. The van der Waals surface area contributed by atoms with E-state index in [0.29, 0.717) is 17.5 Å². The summed E-state index contributed by atoms with van der Waals surface area (Å²) in [7, 11) is 0. The minimum absolute atomic E-state index is 0.00745. The molecule has 1 aliphatic heterocycles. The second-order valence-corrected chi connectivity index (χ2v) is 8.28. The van der Waals surface area contributed by atoms with E-state index in [1.807, 2.05) is 23.1 Å². The second kappa shape index (κ2) is 7.66. The number of fused-ring (bicyclic) bond motifs is 1. The molecule has 4 rings (SSSR count). The summed E-state index contributed by atoms with van der Waals surface area (Å²) in [6.07, 6.45) is 8.49. The number of amides is 1. The number of carbonyl (C=O) groups is 1. The van der Waals surface area contributed by atoms with Crippen LogP contribution in [0.3, 0.4) is 0 Å². The highest BCUT2D eigenvalue weighted by Gasteiger charge is 2.26. The van der Waals surface area contributed by atoms with Gasteiger partial charge in [0, 0.05) is 18.3 Å². The molecule has 1 aromatic carbocycles. The molecule has 0 spiro atoms. The van der Waals surface area contributed by atoms with Gasteiger partial charge in [-0.05, 0) is 30.9 Å². The molecule has 6 heteroatoms. The maximum Gasteiger partial charge on any atom is 0.232 e. The first kappa shape index (κ1) is 17.3. The van der Waals surface area contributed by atoms with E-state index in [-0.39, 0.29) is 18.2 Å². The van der Waals surface area contributed by atoms with Gasteiger partial charge in [0.05, 0.1) is 11.3 Å². The molecule has 2 aromatic rings. The van der Waals surface area contributed by atoms with Crippen LogP contribution in [0.15, 0.2) is 24.3 Å². The molecule has 1 aliphatic carbocycles. The van der Waals surface area contributed by atoms with Crippen molar-refractivity contribution in [3.8, 4) is 5.88 Å². The quantitative estimate of drug-likeness (QED) is 0.794. The van der Waals surface area contributed by atoms with Crippen molar-refractivity contribution >= 4 is 28.1 Å². The van der Waals surface area contributed by atoms with Crippen LogP contribution in [0.5, 0.6) is 5.88 Å². The number of para-hydroxylation sites is 1. The summed E-state index contributed by atoms with van der Waals surface area (Å²) in [5, 5.41) is 14.4. The summed E-state index contributed by atoms with van der Waals surface area (Å²) in [6.45, 7) is 0.713. The largest absolute Gasteiger partial charge is 0.492 e. The number of hydrogen-bond acceptors (Lipinski definition) is 5. The first-order chi connectivity index (χ1) is 12.7. The highest BCUT2D eigenvalue weighted by molar-refractivity contribution is 7.16. The Labute approximate surface area is 158 Å². The lowest BCUT2D eigenvalue weighted by Crippen LogP contribution is -2.30. The molecule has 1 aromatic heterocycles. The maximum absolute atomic E-state index is 12.7. The molecule has 5 nitrogen and oxygen atoms in total. The lowest BCUT2D eigenvalue weighted by Gasteiger charge is -2.16. The average molecular weight is 372 g/mol. The summed E-state index contributed by atoms with van der Waals surface area (Å²) in [5.74, 6) is 0.0156. The van der Waals surface area contributed by atoms with Gasteiger partial charge in [-0.2, -0.15) is 4.98 Å². The molecule has 138 valence electrons. The molecule has 1 saturated carbocycles. The van der Waals surface area contributed by atoms with Gasteiger partial charge in [0.1, 0.15) is 0 Å². The lowest BCUT2D eigenvalue weighted by molar-refractivity contribution is -0.117. The SMILES string of the molecule is O=C(Cc1sc(NC2CCCCCC2)nc1O)N1CCc2ccccc21. The Hall–Kier alpha value is -2.08. The smallest absolute Gasteiger partial charge is 0.232 e. The third-order valence-electron chi connectivity index (χ3n) is 5.36. The first-order valence-corrected chi connectivity index (χ1v) is 10.4. The van der Waals surface area contributed by atoms with Crippen LogP contribution in [-0.2, 0) is 17.6 Å². The zero-order valence-corrected chi connectivity index (χ0v) is 15.7. The van der Waals surface area contributed by atoms with Crippen molar-refractivity contribution in [2.75, 3.05) is 16.8 Å². The minimum atomic E-state index is -0.00745.